The minimum atomic E-state index is -0.549. The van der Waals surface area contributed by atoms with Crippen LogP contribution in [0.25, 0.3) is 0 Å². The van der Waals surface area contributed by atoms with Crippen LogP contribution in [-0.4, -0.2) is 34.5 Å². The van der Waals surface area contributed by atoms with Crippen molar-refractivity contribution in [2.45, 2.75) is 32.9 Å². The van der Waals surface area contributed by atoms with E-state index in [-0.39, 0.29) is 5.91 Å². The molecular weight excluding hydrogens is 306 g/mol. The van der Waals surface area contributed by atoms with Crippen LogP contribution in [0, 0.1) is 0 Å². The Kier molecular flexibility index (Phi) is 5.28. The van der Waals surface area contributed by atoms with Gasteiger partial charge in [0.1, 0.15) is 11.3 Å². The molecule has 0 saturated heterocycles. The van der Waals surface area contributed by atoms with Gasteiger partial charge in [-0.1, -0.05) is 18.2 Å². The summed E-state index contributed by atoms with van der Waals surface area (Å²) < 4.78 is 5.35. The molecule has 2 amide bonds. The van der Waals surface area contributed by atoms with Gasteiger partial charge < -0.3 is 19.9 Å². The van der Waals surface area contributed by atoms with Gasteiger partial charge in [0.05, 0.1) is 6.54 Å². The zero-order chi connectivity index (χ0) is 17.7. The zero-order valence-corrected chi connectivity index (χ0v) is 14.4. The van der Waals surface area contributed by atoms with Gasteiger partial charge in [0.2, 0.25) is 0 Å². The highest BCUT2D eigenvalue weighted by atomic mass is 16.6. The molecule has 1 aromatic carbocycles. The number of ether oxygens (including phenoxy) is 1. The molecule has 2 aromatic rings. The van der Waals surface area contributed by atoms with E-state index in [1.807, 2.05) is 39.0 Å². The van der Waals surface area contributed by atoms with Gasteiger partial charge in [-0.05, 0) is 44.5 Å². The molecule has 2 N–H and O–H groups in total. The van der Waals surface area contributed by atoms with E-state index in [4.69, 9.17) is 4.74 Å². The summed E-state index contributed by atoms with van der Waals surface area (Å²) in [7, 11) is 1.66. The minimum Gasteiger partial charge on any atom is -0.444 e. The van der Waals surface area contributed by atoms with Crippen LogP contribution < -0.4 is 5.32 Å². The molecule has 6 nitrogen and oxygen atoms in total. The number of amides is 2. The second-order valence-corrected chi connectivity index (χ2v) is 6.53. The molecule has 0 aliphatic carbocycles. The molecule has 2 rings (SSSR count). The normalized spacial score (nSPS) is 11.0. The lowest BCUT2D eigenvalue weighted by molar-refractivity contribution is 0.0285. The minimum absolute atomic E-state index is 0.229. The first-order chi connectivity index (χ1) is 11.3. The summed E-state index contributed by atoms with van der Waals surface area (Å²) in [6.45, 7) is 5.80. The molecule has 0 radical (unpaired) electrons. The highest BCUT2D eigenvalue weighted by Gasteiger charge is 2.20. The predicted molar refractivity (Wildman–Crippen MR) is 92.9 cm³/mol. The molecule has 0 aliphatic rings. The summed E-state index contributed by atoms with van der Waals surface area (Å²) in [5, 5.41) is 2.86. The monoisotopic (exact) mass is 329 g/mol. The van der Waals surface area contributed by atoms with Crippen molar-refractivity contribution in [3.63, 3.8) is 0 Å². The molecule has 128 valence electrons. The predicted octanol–water partition coefficient (Wildman–Crippen LogP) is 3.63. The first kappa shape index (κ1) is 17.6. The number of anilines is 1. The number of para-hydroxylation sites is 1. The fourth-order valence-electron chi connectivity index (χ4n) is 2.10. The van der Waals surface area contributed by atoms with Gasteiger partial charge in [0, 0.05) is 18.9 Å². The van der Waals surface area contributed by atoms with Crippen LogP contribution in [0.5, 0.6) is 0 Å². The van der Waals surface area contributed by atoms with Crippen LogP contribution in [0.4, 0.5) is 10.5 Å². The van der Waals surface area contributed by atoms with Crippen LogP contribution in [0.1, 0.15) is 36.8 Å². The number of carbonyl (C=O) groups excluding carboxylic acids is 2. The molecule has 0 fully saturated rings. The third kappa shape index (κ3) is 4.87. The third-order valence-electron chi connectivity index (χ3n) is 3.22. The van der Waals surface area contributed by atoms with Crippen LogP contribution in [0.2, 0.25) is 0 Å². The van der Waals surface area contributed by atoms with Crippen LogP contribution >= 0.6 is 0 Å². The lowest BCUT2D eigenvalue weighted by atomic mass is 10.1. The molecular formula is C18H23N3O3. The highest BCUT2D eigenvalue weighted by Crippen LogP contribution is 2.19. The van der Waals surface area contributed by atoms with Crippen molar-refractivity contribution in [3.8, 4) is 0 Å². The van der Waals surface area contributed by atoms with Gasteiger partial charge in [-0.2, -0.15) is 0 Å². The Morgan fingerprint density at radius 1 is 1.17 bits per heavy atom. The Morgan fingerprint density at radius 2 is 1.88 bits per heavy atom. The Bertz CT molecular complexity index is 703. The van der Waals surface area contributed by atoms with Gasteiger partial charge in [0.25, 0.3) is 5.91 Å². The van der Waals surface area contributed by atoms with Crippen LogP contribution in [-0.2, 0) is 11.3 Å². The Morgan fingerprint density at radius 3 is 2.50 bits per heavy atom. The Balaban J connectivity index is 2.08. The largest absolute Gasteiger partial charge is 0.444 e. The van der Waals surface area contributed by atoms with Crippen molar-refractivity contribution in [1.29, 1.82) is 0 Å². The summed E-state index contributed by atoms with van der Waals surface area (Å²) in [4.78, 5) is 28.6. The topological polar surface area (TPSA) is 74.4 Å². The number of rotatable bonds is 4. The number of nitrogens with zero attached hydrogens (tertiary/aromatic N) is 1. The number of hydrogen-bond acceptors (Lipinski definition) is 3. The second kappa shape index (κ2) is 7.21. The lowest BCUT2D eigenvalue weighted by Crippen LogP contribution is -2.34. The van der Waals surface area contributed by atoms with E-state index in [0.717, 1.165) is 5.56 Å². The zero-order valence-electron chi connectivity index (χ0n) is 14.4. The van der Waals surface area contributed by atoms with Crippen LogP contribution in [0.3, 0.4) is 0 Å². The molecule has 1 aromatic heterocycles. The van der Waals surface area contributed by atoms with Crippen molar-refractivity contribution in [2.24, 2.45) is 0 Å². The van der Waals surface area contributed by atoms with Crippen LogP contribution in [0.15, 0.2) is 42.6 Å². The van der Waals surface area contributed by atoms with E-state index in [0.29, 0.717) is 17.9 Å². The number of aromatic amines is 1. The molecule has 0 aliphatic heterocycles. The van der Waals surface area contributed by atoms with Crippen molar-refractivity contribution in [1.82, 2.24) is 9.88 Å². The molecule has 0 unspecified atom stereocenters. The fourth-order valence-corrected chi connectivity index (χ4v) is 2.10. The van der Waals surface area contributed by atoms with Gasteiger partial charge in [0.15, 0.2) is 0 Å². The molecule has 24 heavy (non-hydrogen) atoms. The van der Waals surface area contributed by atoms with E-state index < -0.39 is 11.7 Å². The first-order valence-electron chi connectivity index (χ1n) is 7.73. The SMILES string of the molecule is CN(Cc1ccccc1NC(=O)c1ccc[nH]1)C(=O)OC(C)(C)C. The molecule has 0 bridgehead atoms. The fraction of sp³-hybridized carbons (Fsp3) is 0.333. The first-order valence-corrected chi connectivity index (χ1v) is 7.73. The quantitative estimate of drug-likeness (QED) is 0.899. The summed E-state index contributed by atoms with van der Waals surface area (Å²) in [6.07, 6.45) is 1.28. The standard InChI is InChI=1S/C18H23N3O3/c1-18(2,3)24-17(23)21(4)12-13-8-5-6-9-14(13)20-16(22)15-10-7-11-19-15/h5-11,19H,12H2,1-4H3,(H,20,22). The molecule has 0 atom stereocenters. The number of H-pyrrole nitrogens is 1. The third-order valence-corrected chi connectivity index (χ3v) is 3.22. The molecule has 1 heterocycles. The number of carbonyl (C=O) groups is 2. The molecule has 0 spiro atoms. The average Bonchev–Trinajstić information content (AvgIpc) is 3.01. The van der Waals surface area contributed by atoms with Gasteiger partial charge >= 0.3 is 6.09 Å². The van der Waals surface area contributed by atoms with E-state index in [9.17, 15) is 9.59 Å². The maximum atomic E-state index is 12.2. The van der Waals surface area contributed by atoms with Gasteiger partial charge in [-0.3, -0.25) is 4.79 Å². The number of nitrogens with one attached hydrogen (secondary N) is 2. The van der Waals surface area contributed by atoms with E-state index >= 15 is 0 Å². The smallest absolute Gasteiger partial charge is 0.410 e. The van der Waals surface area contributed by atoms with Crippen molar-refractivity contribution >= 4 is 17.7 Å². The van der Waals surface area contributed by atoms with Crippen molar-refractivity contribution < 1.29 is 14.3 Å². The van der Waals surface area contributed by atoms with E-state index in [2.05, 4.69) is 10.3 Å². The maximum absolute atomic E-state index is 12.2. The number of hydrogen-bond donors (Lipinski definition) is 2. The van der Waals surface area contributed by atoms with Gasteiger partial charge in [-0.25, -0.2) is 4.79 Å². The summed E-state index contributed by atoms with van der Waals surface area (Å²) in [5.74, 6) is -0.229. The Labute approximate surface area is 141 Å². The highest BCUT2D eigenvalue weighted by molar-refractivity contribution is 6.03. The second-order valence-electron chi connectivity index (χ2n) is 6.53. The summed E-state index contributed by atoms with van der Waals surface area (Å²) in [5.41, 5.74) is 1.41. The summed E-state index contributed by atoms with van der Waals surface area (Å²) in [6, 6.07) is 10.8. The number of benzene rings is 1. The lowest BCUT2D eigenvalue weighted by Gasteiger charge is -2.25. The van der Waals surface area contributed by atoms with Crippen molar-refractivity contribution in [2.75, 3.05) is 12.4 Å². The number of aromatic nitrogens is 1. The summed E-state index contributed by atoms with van der Waals surface area (Å²) >= 11 is 0. The maximum Gasteiger partial charge on any atom is 0.410 e. The van der Waals surface area contributed by atoms with Crippen molar-refractivity contribution in [3.05, 3.63) is 53.9 Å². The average molecular weight is 329 g/mol. The van der Waals surface area contributed by atoms with E-state index in [1.165, 1.54) is 4.90 Å². The Hall–Kier alpha value is -2.76. The molecule has 0 saturated carbocycles. The van der Waals surface area contributed by atoms with E-state index in [1.54, 1.807) is 31.4 Å². The molecule has 6 heteroatoms. The van der Waals surface area contributed by atoms with Gasteiger partial charge in [-0.15, -0.1) is 0 Å².